The number of amides is 1. The second kappa shape index (κ2) is 7.30. The molecule has 4 nitrogen and oxygen atoms in total. The fourth-order valence-corrected chi connectivity index (χ4v) is 4.44. The predicted molar refractivity (Wildman–Crippen MR) is 105 cm³/mol. The number of aromatic nitrogens is 1. The molecule has 0 saturated carbocycles. The Hall–Kier alpha value is -2.66. The van der Waals surface area contributed by atoms with Crippen LogP contribution < -0.4 is 4.74 Å². The number of carbonyl (C=O) groups excluding carboxylic acids is 1. The fraction of sp³-hybridized carbons (Fsp3) is 0.238. The maximum absolute atomic E-state index is 12.8. The molecular weight excluding hydrogens is 344 g/mol. The quantitative estimate of drug-likeness (QED) is 0.631. The van der Waals surface area contributed by atoms with Crippen LogP contribution in [0.5, 0.6) is 5.75 Å². The summed E-state index contributed by atoms with van der Waals surface area (Å²) in [4.78, 5) is 19.4. The lowest BCUT2D eigenvalue weighted by atomic mass is 10.2. The normalized spacial score (nSPS) is 17.3. The Labute approximate surface area is 156 Å². The van der Waals surface area contributed by atoms with Crippen LogP contribution in [0, 0.1) is 0 Å². The third kappa shape index (κ3) is 3.35. The topological polar surface area (TPSA) is 42.4 Å². The van der Waals surface area contributed by atoms with E-state index in [2.05, 4.69) is 6.07 Å². The highest BCUT2D eigenvalue weighted by atomic mass is 32.1. The van der Waals surface area contributed by atoms with Gasteiger partial charge in [-0.15, -0.1) is 11.3 Å². The standard InChI is InChI=1S/C21H20N2O2S/c1-25-16-7-4-6-15(14-16)11-12-20(24)23-13-5-9-18(23)21-22-17-8-2-3-10-19(17)26-21/h2-4,6-8,10-12,14,18H,5,9,13H2,1H3. The lowest BCUT2D eigenvalue weighted by molar-refractivity contribution is -0.126. The molecule has 1 aliphatic heterocycles. The van der Waals surface area contributed by atoms with Gasteiger partial charge in [0, 0.05) is 12.6 Å². The number of thiazole rings is 1. The molecular formula is C21H20N2O2S. The number of nitrogens with zero attached hydrogens (tertiary/aromatic N) is 2. The largest absolute Gasteiger partial charge is 0.497 e. The van der Waals surface area contributed by atoms with Crippen molar-refractivity contribution >= 4 is 33.5 Å². The highest BCUT2D eigenvalue weighted by Gasteiger charge is 2.31. The molecule has 1 aromatic heterocycles. The molecule has 1 saturated heterocycles. The highest BCUT2D eigenvalue weighted by molar-refractivity contribution is 7.18. The second-order valence-electron chi connectivity index (χ2n) is 6.32. The maximum Gasteiger partial charge on any atom is 0.247 e. The molecule has 0 spiro atoms. The molecule has 1 atom stereocenters. The van der Waals surface area contributed by atoms with Crippen molar-refractivity contribution in [3.63, 3.8) is 0 Å². The van der Waals surface area contributed by atoms with Gasteiger partial charge in [0.1, 0.15) is 10.8 Å². The van der Waals surface area contributed by atoms with Gasteiger partial charge in [0.25, 0.3) is 0 Å². The smallest absolute Gasteiger partial charge is 0.247 e. The zero-order chi connectivity index (χ0) is 17.9. The number of likely N-dealkylation sites (tertiary alicyclic amines) is 1. The molecule has 1 fully saturated rings. The van der Waals surface area contributed by atoms with Crippen LogP contribution in [0.4, 0.5) is 0 Å². The molecule has 0 aliphatic carbocycles. The second-order valence-corrected chi connectivity index (χ2v) is 7.38. The van der Waals surface area contributed by atoms with E-state index in [1.807, 2.05) is 53.4 Å². The SMILES string of the molecule is COc1cccc(C=CC(=O)N2CCCC2c2nc3ccccc3s2)c1. The monoisotopic (exact) mass is 364 g/mol. The molecule has 26 heavy (non-hydrogen) atoms. The first-order valence-corrected chi connectivity index (χ1v) is 9.54. The van der Waals surface area contributed by atoms with Crippen molar-refractivity contribution in [2.45, 2.75) is 18.9 Å². The van der Waals surface area contributed by atoms with Gasteiger partial charge in [-0.25, -0.2) is 4.98 Å². The van der Waals surface area contributed by atoms with Crippen LogP contribution in [-0.4, -0.2) is 29.4 Å². The summed E-state index contributed by atoms with van der Waals surface area (Å²) in [6, 6.07) is 15.9. The van der Waals surface area contributed by atoms with Gasteiger partial charge in [0.15, 0.2) is 0 Å². The zero-order valence-electron chi connectivity index (χ0n) is 14.6. The minimum absolute atomic E-state index is 0.0366. The fourth-order valence-electron chi connectivity index (χ4n) is 3.33. The Morgan fingerprint density at radius 1 is 1.27 bits per heavy atom. The molecule has 0 N–H and O–H groups in total. The summed E-state index contributed by atoms with van der Waals surface area (Å²) < 4.78 is 6.40. The zero-order valence-corrected chi connectivity index (χ0v) is 15.4. The Morgan fingerprint density at radius 3 is 3.00 bits per heavy atom. The van der Waals surface area contributed by atoms with Crippen LogP contribution in [0.15, 0.2) is 54.6 Å². The third-order valence-corrected chi connectivity index (χ3v) is 5.78. The van der Waals surface area contributed by atoms with Gasteiger partial charge in [-0.1, -0.05) is 24.3 Å². The summed E-state index contributed by atoms with van der Waals surface area (Å²) in [6.45, 7) is 0.780. The van der Waals surface area contributed by atoms with Crippen LogP contribution in [0.2, 0.25) is 0 Å². The highest BCUT2D eigenvalue weighted by Crippen LogP contribution is 2.36. The first-order chi connectivity index (χ1) is 12.7. The van der Waals surface area contributed by atoms with Crippen LogP contribution in [0.3, 0.4) is 0 Å². The lowest BCUT2D eigenvalue weighted by Crippen LogP contribution is -2.28. The summed E-state index contributed by atoms with van der Waals surface area (Å²) in [5, 5.41) is 1.03. The first kappa shape index (κ1) is 16.8. The van der Waals surface area contributed by atoms with E-state index in [4.69, 9.17) is 9.72 Å². The average Bonchev–Trinajstić information content (AvgIpc) is 3.32. The van der Waals surface area contributed by atoms with Gasteiger partial charge < -0.3 is 9.64 Å². The molecule has 5 heteroatoms. The number of hydrogen-bond donors (Lipinski definition) is 0. The molecule has 0 bridgehead atoms. The third-order valence-electron chi connectivity index (χ3n) is 4.64. The van der Waals surface area contributed by atoms with Gasteiger partial charge in [-0.2, -0.15) is 0 Å². The van der Waals surface area contributed by atoms with Crippen molar-refractivity contribution < 1.29 is 9.53 Å². The average molecular weight is 364 g/mol. The van der Waals surface area contributed by atoms with Gasteiger partial charge in [-0.3, -0.25) is 4.79 Å². The van der Waals surface area contributed by atoms with E-state index in [9.17, 15) is 4.79 Å². The Morgan fingerprint density at radius 2 is 2.15 bits per heavy atom. The van der Waals surface area contributed by atoms with Crippen LogP contribution >= 0.6 is 11.3 Å². The number of methoxy groups -OCH3 is 1. The summed E-state index contributed by atoms with van der Waals surface area (Å²) in [5.41, 5.74) is 1.96. The van der Waals surface area contributed by atoms with Crippen LogP contribution in [0.1, 0.15) is 29.5 Å². The van der Waals surface area contributed by atoms with Crippen molar-refractivity contribution in [1.29, 1.82) is 0 Å². The van der Waals surface area contributed by atoms with Crippen molar-refractivity contribution in [1.82, 2.24) is 9.88 Å². The molecule has 2 aromatic carbocycles. The van der Waals surface area contributed by atoms with Crippen molar-refractivity contribution in [3.05, 3.63) is 65.2 Å². The predicted octanol–water partition coefficient (Wildman–Crippen LogP) is 4.68. The van der Waals surface area contributed by atoms with Gasteiger partial charge in [0.2, 0.25) is 5.91 Å². The lowest BCUT2D eigenvalue weighted by Gasteiger charge is -2.21. The van der Waals surface area contributed by atoms with E-state index in [1.54, 1.807) is 24.5 Å². The minimum Gasteiger partial charge on any atom is -0.497 e. The molecule has 1 amide bonds. The summed E-state index contributed by atoms with van der Waals surface area (Å²) in [5.74, 6) is 0.822. The van der Waals surface area contributed by atoms with E-state index in [1.165, 1.54) is 4.70 Å². The maximum atomic E-state index is 12.8. The summed E-state index contributed by atoms with van der Waals surface area (Å²) in [7, 11) is 1.64. The van der Waals surface area contributed by atoms with Crippen molar-refractivity contribution in [2.24, 2.45) is 0 Å². The molecule has 0 radical (unpaired) electrons. The molecule has 4 rings (SSSR count). The van der Waals surface area contributed by atoms with Crippen molar-refractivity contribution in [3.8, 4) is 5.75 Å². The van der Waals surface area contributed by atoms with E-state index in [0.717, 1.165) is 41.2 Å². The Kier molecular flexibility index (Phi) is 4.71. The Bertz CT molecular complexity index is 930. The van der Waals surface area contributed by atoms with Gasteiger partial charge in [0.05, 0.1) is 23.4 Å². The van der Waals surface area contributed by atoms with Crippen LogP contribution in [-0.2, 0) is 4.79 Å². The van der Waals surface area contributed by atoms with Crippen LogP contribution in [0.25, 0.3) is 16.3 Å². The Balaban J connectivity index is 1.53. The number of carbonyl (C=O) groups is 1. The van der Waals surface area contributed by atoms with E-state index < -0.39 is 0 Å². The number of hydrogen-bond acceptors (Lipinski definition) is 4. The molecule has 1 unspecified atom stereocenters. The number of ether oxygens (including phenoxy) is 1. The molecule has 3 aromatic rings. The molecule has 2 heterocycles. The minimum atomic E-state index is 0.0366. The number of benzene rings is 2. The first-order valence-electron chi connectivity index (χ1n) is 8.73. The van der Waals surface area contributed by atoms with E-state index >= 15 is 0 Å². The number of para-hydroxylation sites is 1. The van der Waals surface area contributed by atoms with Gasteiger partial charge >= 0.3 is 0 Å². The molecule has 132 valence electrons. The van der Waals surface area contributed by atoms with E-state index in [-0.39, 0.29) is 11.9 Å². The van der Waals surface area contributed by atoms with Gasteiger partial charge in [-0.05, 0) is 48.7 Å². The summed E-state index contributed by atoms with van der Waals surface area (Å²) in [6.07, 6.45) is 5.48. The summed E-state index contributed by atoms with van der Waals surface area (Å²) >= 11 is 1.69. The van der Waals surface area contributed by atoms with Crippen molar-refractivity contribution in [2.75, 3.05) is 13.7 Å². The number of fused-ring (bicyclic) bond motifs is 1. The van der Waals surface area contributed by atoms with E-state index in [0.29, 0.717) is 0 Å². The molecule has 1 aliphatic rings. The number of rotatable bonds is 4.